The molecule has 0 radical (unpaired) electrons. The second-order valence-corrected chi connectivity index (χ2v) is 5.69. The van der Waals surface area contributed by atoms with Crippen LogP contribution in [0.25, 0.3) is 19.3 Å². The third-order valence-electron chi connectivity index (χ3n) is 2.51. The molecule has 3 aromatic rings. The van der Waals surface area contributed by atoms with Crippen molar-refractivity contribution in [3.05, 3.63) is 48.0 Å². The molecule has 2 heteroatoms. The van der Waals surface area contributed by atoms with Crippen molar-refractivity contribution in [3.8, 4) is 6.07 Å². The van der Waals surface area contributed by atoms with Crippen molar-refractivity contribution < 1.29 is 0 Å². The topological polar surface area (TPSA) is 23.8 Å². The Morgan fingerprint density at radius 2 is 1.73 bits per heavy atom. The molecule has 0 unspecified atom stereocenters. The van der Waals surface area contributed by atoms with Crippen molar-refractivity contribution in [2.75, 3.05) is 0 Å². The Morgan fingerprint density at radius 1 is 0.933 bits per heavy atom. The van der Waals surface area contributed by atoms with Gasteiger partial charge in [0.25, 0.3) is 0 Å². The molecule has 3 rings (SSSR count). The third-order valence-corrected chi connectivity index (χ3v) is 4.89. The van der Waals surface area contributed by atoms with Crippen LogP contribution in [0.1, 0.15) is 5.56 Å². The summed E-state index contributed by atoms with van der Waals surface area (Å²) in [4.78, 5) is 0. The van der Waals surface area contributed by atoms with Gasteiger partial charge >= 0.3 is 93.2 Å². The number of benzene rings is 2. The Kier molecular flexibility index (Phi) is 1.89. The molecule has 0 aliphatic rings. The van der Waals surface area contributed by atoms with E-state index in [0.717, 1.165) is 5.56 Å². The first-order chi connectivity index (χ1) is 7.38. The molecule has 0 amide bonds. The second-order valence-electron chi connectivity index (χ2n) is 3.42. The van der Waals surface area contributed by atoms with Gasteiger partial charge in [0.05, 0.1) is 0 Å². The molecule has 0 saturated carbocycles. The van der Waals surface area contributed by atoms with Gasteiger partial charge in [0.1, 0.15) is 0 Å². The first-order valence-corrected chi connectivity index (χ1v) is 6.41. The van der Waals surface area contributed by atoms with Crippen LogP contribution in [-0.2, 0) is 0 Å². The number of rotatable bonds is 0. The molecule has 1 nitrogen and oxygen atoms in total. The van der Waals surface area contributed by atoms with Gasteiger partial charge in [-0.15, -0.1) is 0 Å². The molecule has 2 aromatic carbocycles. The van der Waals surface area contributed by atoms with Crippen LogP contribution < -0.4 is 0 Å². The Balaban J connectivity index is 2.50. The Hall–Kier alpha value is -1.55. The third kappa shape index (κ3) is 1.29. The molecule has 0 N–H and O–H groups in total. The maximum atomic E-state index is 8.84. The molecule has 0 spiro atoms. The average Bonchev–Trinajstić information content (AvgIpc) is 2.66. The zero-order valence-electron chi connectivity index (χ0n) is 7.90. The predicted octanol–water partition coefficient (Wildman–Crippen LogP) is 2.92. The van der Waals surface area contributed by atoms with Crippen molar-refractivity contribution in [1.29, 1.82) is 5.26 Å². The van der Waals surface area contributed by atoms with E-state index in [1.54, 1.807) is 0 Å². The van der Waals surface area contributed by atoms with E-state index >= 15 is 0 Å². The van der Waals surface area contributed by atoms with E-state index in [-0.39, 0.29) is 0 Å². The van der Waals surface area contributed by atoms with Crippen LogP contribution in [0.4, 0.5) is 0 Å². The van der Waals surface area contributed by atoms with Crippen LogP contribution in [0.15, 0.2) is 42.5 Å². The van der Waals surface area contributed by atoms with Gasteiger partial charge in [0.15, 0.2) is 0 Å². The van der Waals surface area contributed by atoms with E-state index in [2.05, 4.69) is 36.4 Å². The van der Waals surface area contributed by atoms with Gasteiger partial charge < -0.3 is 0 Å². The van der Waals surface area contributed by atoms with Crippen LogP contribution in [0.2, 0.25) is 0 Å². The van der Waals surface area contributed by atoms with E-state index in [9.17, 15) is 0 Å². The van der Waals surface area contributed by atoms with Crippen molar-refractivity contribution in [1.82, 2.24) is 0 Å². The molecule has 0 aliphatic carbocycles. The standard InChI is InChI=1S/C13H7NSe/c14-8-9-5-6-11-10-3-1-2-4-12(10)15-13(11)7-9/h1-7H. The van der Waals surface area contributed by atoms with E-state index < -0.39 is 0 Å². The van der Waals surface area contributed by atoms with Gasteiger partial charge in [0.2, 0.25) is 0 Å². The van der Waals surface area contributed by atoms with E-state index in [0.29, 0.717) is 14.5 Å². The van der Waals surface area contributed by atoms with Crippen LogP contribution in [0.5, 0.6) is 0 Å². The first-order valence-electron chi connectivity index (χ1n) is 4.70. The van der Waals surface area contributed by atoms with E-state index in [4.69, 9.17) is 5.26 Å². The fourth-order valence-electron chi connectivity index (χ4n) is 1.80. The summed E-state index contributed by atoms with van der Waals surface area (Å²) in [6.45, 7) is 0. The Morgan fingerprint density at radius 3 is 2.60 bits per heavy atom. The normalized spacial score (nSPS) is 10.6. The maximum absolute atomic E-state index is 8.84. The van der Waals surface area contributed by atoms with Crippen molar-refractivity contribution in [3.63, 3.8) is 0 Å². The molecule has 0 aliphatic heterocycles. The predicted molar refractivity (Wildman–Crippen MR) is 63.1 cm³/mol. The summed E-state index contributed by atoms with van der Waals surface area (Å²) in [6.07, 6.45) is 0. The Labute approximate surface area is 93.3 Å². The van der Waals surface area contributed by atoms with Gasteiger partial charge in [-0.05, 0) is 0 Å². The molecular weight excluding hydrogens is 249 g/mol. The van der Waals surface area contributed by atoms with Crippen molar-refractivity contribution >= 4 is 33.8 Å². The molecule has 70 valence electrons. The number of nitriles is 1. The fourth-order valence-corrected chi connectivity index (χ4v) is 4.20. The Bertz CT molecular complexity index is 688. The van der Waals surface area contributed by atoms with Crippen LogP contribution in [0, 0.1) is 11.3 Å². The SMILES string of the molecule is N#Cc1ccc2c(c1)[se]c1ccccc12. The summed E-state index contributed by atoms with van der Waals surface area (Å²) in [5.41, 5.74) is 0.767. The molecule has 15 heavy (non-hydrogen) atoms. The summed E-state index contributed by atoms with van der Waals surface area (Å²) in [5.74, 6) is 0. The summed E-state index contributed by atoms with van der Waals surface area (Å²) in [5, 5.41) is 11.5. The molecule has 0 atom stereocenters. The zero-order chi connectivity index (χ0) is 10.3. The number of nitrogens with zero attached hydrogens (tertiary/aromatic N) is 1. The zero-order valence-corrected chi connectivity index (χ0v) is 9.61. The minimum absolute atomic E-state index is 0.374. The number of hydrogen-bond acceptors (Lipinski definition) is 1. The number of fused-ring (bicyclic) bond motifs is 3. The molecule has 0 fully saturated rings. The minimum atomic E-state index is 0.374. The summed E-state index contributed by atoms with van der Waals surface area (Å²) < 4.78 is 2.76. The van der Waals surface area contributed by atoms with E-state index in [1.165, 1.54) is 19.3 Å². The summed E-state index contributed by atoms with van der Waals surface area (Å²) >= 11 is 0.374. The molecule has 1 aromatic heterocycles. The quantitative estimate of drug-likeness (QED) is 0.567. The molecule has 0 bridgehead atoms. The average molecular weight is 256 g/mol. The number of hydrogen-bond donors (Lipinski definition) is 0. The van der Waals surface area contributed by atoms with Crippen LogP contribution in [0.3, 0.4) is 0 Å². The molecule has 0 saturated heterocycles. The summed E-state index contributed by atoms with van der Waals surface area (Å²) in [6, 6.07) is 16.7. The van der Waals surface area contributed by atoms with Gasteiger partial charge in [-0.25, -0.2) is 0 Å². The van der Waals surface area contributed by atoms with Crippen molar-refractivity contribution in [2.45, 2.75) is 0 Å². The van der Waals surface area contributed by atoms with Crippen LogP contribution >= 0.6 is 0 Å². The van der Waals surface area contributed by atoms with Crippen LogP contribution in [-0.4, -0.2) is 14.5 Å². The fraction of sp³-hybridized carbons (Fsp3) is 0. The van der Waals surface area contributed by atoms with Gasteiger partial charge in [0, 0.05) is 0 Å². The second kappa shape index (κ2) is 3.24. The molecular formula is C13H7NSe. The summed E-state index contributed by atoms with van der Waals surface area (Å²) in [7, 11) is 0. The van der Waals surface area contributed by atoms with E-state index in [1.807, 2.05) is 12.1 Å². The monoisotopic (exact) mass is 257 g/mol. The first kappa shape index (κ1) is 8.73. The van der Waals surface area contributed by atoms with Gasteiger partial charge in [-0.3, -0.25) is 0 Å². The van der Waals surface area contributed by atoms with Crippen molar-refractivity contribution in [2.24, 2.45) is 0 Å². The molecule has 1 heterocycles. The van der Waals surface area contributed by atoms with Gasteiger partial charge in [-0.2, -0.15) is 0 Å². The van der Waals surface area contributed by atoms with Gasteiger partial charge in [-0.1, -0.05) is 0 Å².